The van der Waals surface area contributed by atoms with Crippen LogP contribution in [0, 0.1) is 0 Å². The van der Waals surface area contributed by atoms with E-state index in [4.69, 9.17) is 21.1 Å². The van der Waals surface area contributed by atoms with E-state index in [9.17, 15) is 9.59 Å². The first-order valence-corrected chi connectivity index (χ1v) is 14.9. The quantitative estimate of drug-likeness (QED) is 0.322. The first kappa shape index (κ1) is 33.4. The molecule has 0 bridgehead atoms. The minimum Gasteiger partial charge on any atom is -0.444 e. The highest BCUT2D eigenvalue weighted by atomic mass is 35.5. The van der Waals surface area contributed by atoms with Crippen molar-refractivity contribution in [1.82, 2.24) is 24.7 Å². The summed E-state index contributed by atoms with van der Waals surface area (Å²) in [6, 6.07) is 5.41. The van der Waals surface area contributed by atoms with Crippen LogP contribution >= 0.6 is 11.6 Å². The average Bonchev–Trinajstić information content (AvgIpc) is 3.35. The van der Waals surface area contributed by atoms with Gasteiger partial charge >= 0.3 is 6.09 Å². The summed E-state index contributed by atoms with van der Waals surface area (Å²) in [7, 11) is 1.91. The van der Waals surface area contributed by atoms with Gasteiger partial charge in [-0.2, -0.15) is 0 Å². The number of carbonyl (C=O) groups is 2. The van der Waals surface area contributed by atoms with Crippen LogP contribution in [0.15, 0.2) is 49.5 Å². The average molecular weight is 600 g/mol. The second-order valence-corrected chi connectivity index (χ2v) is 12.2. The van der Waals surface area contributed by atoms with Crippen LogP contribution in [0.4, 0.5) is 4.79 Å². The molecular formula is C32H46ClN5O4. The summed E-state index contributed by atoms with van der Waals surface area (Å²) in [5, 5.41) is 3.77. The molecule has 9 nitrogen and oxygen atoms in total. The lowest BCUT2D eigenvalue weighted by Crippen LogP contribution is -2.50. The van der Waals surface area contributed by atoms with Crippen LogP contribution in [-0.2, 0) is 21.3 Å². The van der Waals surface area contributed by atoms with Crippen molar-refractivity contribution in [2.75, 3.05) is 32.8 Å². The molecule has 2 amide bonds. The number of imidazole rings is 1. The van der Waals surface area contributed by atoms with Crippen LogP contribution in [0.2, 0.25) is 5.02 Å². The van der Waals surface area contributed by atoms with E-state index in [0.29, 0.717) is 37.6 Å². The van der Waals surface area contributed by atoms with Gasteiger partial charge in [0.15, 0.2) is 0 Å². The number of aromatic nitrogens is 2. The summed E-state index contributed by atoms with van der Waals surface area (Å²) in [5.74, 6) is -0.223. The van der Waals surface area contributed by atoms with Crippen molar-refractivity contribution >= 4 is 29.2 Å². The zero-order valence-electron chi connectivity index (χ0n) is 26.0. The standard InChI is InChI=1S/C32H46ClN5O4/c1-9-11-27(37-14-16-38(17-15-37)31(40)42-32(5,6)7)25-13-12-23(33)18-26(25)24(10-2)30(28-19-34-21-36(28)8)35-29(39)20-41-22(3)4/h9-10,12-13,18-19,21-22,27,30H,1,11,14-17,20H2,2-8H3,(H,35,39)/b24-10+/t27-,30-/m1/s1. The Bertz CT molecular complexity index is 1260. The molecule has 0 spiro atoms. The predicted octanol–water partition coefficient (Wildman–Crippen LogP) is 5.93. The van der Waals surface area contributed by atoms with Crippen molar-refractivity contribution in [3.8, 4) is 0 Å². The molecule has 2 atom stereocenters. The lowest BCUT2D eigenvalue weighted by atomic mass is 9.87. The second-order valence-electron chi connectivity index (χ2n) is 11.8. The maximum absolute atomic E-state index is 13.0. The number of aryl methyl sites for hydroxylation is 1. The summed E-state index contributed by atoms with van der Waals surface area (Å²) < 4.78 is 13.1. The predicted molar refractivity (Wildman–Crippen MR) is 167 cm³/mol. The minimum atomic E-state index is -0.540. The summed E-state index contributed by atoms with van der Waals surface area (Å²) in [6.07, 6.45) is 7.76. The van der Waals surface area contributed by atoms with E-state index < -0.39 is 11.6 Å². The number of allylic oxidation sites excluding steroid dienone is 1. The van der Waals surface area contributed by atoms with Gasteiger partial charge in [-0.3, -0.25) is 9.69 Å². The van der Waals surface area contributed by atoms with Crippen LogP contribution in [0.5, 0.6) is 0 Å². The van der Waals surface area contributed by atoms with E-state index in [-0.39, 0.29) is 30.8 Å². The van der Waals surface area contributed by atoms with Gasteiger partial charge in [0.2, 0.25) is 5.91 Å². The van der Waals surface area contributed by atoms with Crippen LogP contribution in [0.1, 0.15) is 76.9 Å². The number of hydrogen-bond donors (Lipinski definition) is 1. The Balaban J connectivity index is 1.96. The molecule has 2 aromatic rings. The fraction of sp³-hybridized carbons (Fsp3) is 0.531. The monoisotopic (exact) mass is 599 g/mol. The maximum atomic E-state index is 13.0. The molecule has 1 aliphatic rings. The van der Waals surface area contributed by atoms with Gasteiger partial charge in [0.25, 0.3) is 0 Å². The fourth-order valence-corrected chi connectivity index (χ4v) is 5.29. The molecule has 10 heteroatoms. The molecule has 0 aliphatic carbocycles. The van der Waals surface area contributed by atoms with Crippen LogP contribution in [0.3, 0.4) is 0 Å². The summed E-state index contributed by atoms with van der Waals surface area (Å²) >= 11 is 6.60. The zero-order chi connectivity index (χ0) is 31.0. The Morgan fingerprint density at radius 3 is 2.43 bits per heavy atom. The molecule has 1 aromatic heterocycles. The fourth-order valence-electron chi connectivity index (χ4n) is 5.12. The topological polar surface area (TPSA) is 88.9 Å². The zero-order valence-corrected chi connectivity index (χ0v) is 26.8. The molecule has 2 heterocycles. The number of carbonyl (C=O) groups excluding carboxylic acids is 2. The van der Waals surface area contributed by atoms with Crippen LogP contribution < -0.4 is 5.32 Å². The largest absolute Gasteiger partial charge is 0.444 e. The van der Waals surface area contributed by atoms with E-state index in [1.165, 1.54) is 0 Å². The first-order valence-electron chi connectivity index (χ1n) is 14.5. The van der Waals surface area contributed by atoms with Gasteiger partial charge in [-0.05, 0) is 76.8 Å². The third-order valence-corrected chi connectivity index (χ3v) is 7.34. The van der Waals surface area contributed by atoms with Gasteiger partial charge in [-0.1, -0.05) is 29.8 Å². The summed E-state index contributed by atoms with van der Waals surface area (Å²) in [6.45, 7) is 17.9. The molecule has 1 aromatic carbocycles. The van der Waals surface area contributed by atoms with Gasteiger partial charge in [0.1, 0.15) is 12.2 Å². The van der Waals surface area contributed by atoms with Crippen molar-refractivity contribution < 1.29 is 19.1 Å². The number of ether oxygens (including phenoxy) is 2. The maximum Gasteiger partial charge on any atom is 0.410 e. The molecular weight excluding hydrogens is 554 g/mol. The van der Waals surface area contributed by atoms with E-state index >= 15 is 0 Å². The Hall–Kier alpha value is -3.14. The molecule has 3 rings (SSSR count). The van der Waals surface area contributed by atoms with Gasteiger partial charge < -0.3 is 24.3 Å². The highest BCUT2D eigenvalue weighted by molar-refractivity contribution is 6.30. The van der Waals surface area contributed by atoms with E-state index in [0.717, 1.165) is 22.4 Å². The third-order valence-electron chi connectivity index (χ3n) is 7.11. The lowest BCUT2D eigenvalue weighted by molar-refractivity contribution is -0.127. The lowest BCUT2D eigenvalue weighted by Gasteiger charge is -2.40. The van der Waals surface area contributed by atoms with Crippen molar-refractivity contribution in [1.29, 1.82) is 0 Å². The summed E-state index contributed by atoms with van der Waals surface area (Å²) in [4.78, 5) is 34.2. The molecule has 0 unspecified atom stereocenters. The minimum absolute atomic E-state index is 0.0160. The molecule has 0 saturated carbocycles. The molecule has 0 radical (unpaired) electrons. The van der Waals surface area contributed by atoms with Gasteiger partial charge in [0.05, 0.1) is 30.4 Å². The van der Waals surface area contributed by atoms with Crippen molar-refractivity contribution in [3.63, 3.8) is 0 Å². The molecule has 230 valence electrons. The number of rotatable bonds is 11. The van der Waals surface area contributed by atoms with Crippen LogP contribution in [-0.4, -0.2) is 75.8 Å². The SMILES string of the molecule is C=CC[C@H](c1ccc(Cl)cc1/C(=C\C)[C@@H](NC(=O)COC(C)C)c1cncn1C)N1CCN(C(=O)OC(C)(C)C)CC1. The normalized spacial score (nSPS) is 16.3. The first-order chi connectivity index (χ1) is 19.8. The summed E-state index contributed by atoms with van der Waals surface area (Å²) in [5.41, 5.74) is 3.19. The molecule has 42 heavy (non-hydrogen) atoms. The number of hydrogen-bond acceptors (Lipinski definition) is 6. The van der Waals surface area contributed by atoms with Gasteiger partial charge in [-0.25, -0.2) is 9.78 Å². The third kappa shape index (κ3) is 8.93. The van der Waals surface area contributed by atoms with Crippen molar-refractivity contribution in [2.45, 2.75) is 71.8 Å². The Labute approximate surface area is 255 Å². The van der Waals surface area contributed by atoms with Crippen LogP contribution in [0.25, 0.3) is 5.57 Å². The highest BCUT2D eigenvalue weighted by Gasteiger charge is 2.32. The number of nitrogens with one attached hydrogen (secondary N) is 1. The van der Waals surface area contributed by atoms with Crippen molar-refractivity contribution in [3.05, 3.63) is 71.3 Å². The Morgan fingerprint density at radius 2 is 1.88 bits per heavy atom. The molecule has 1 fully saturated rings. The smallest absolute Gasteiger partial charge is 0.410 e. The number of benzene rings is 1. The number of nitrogens with zero attached hydrogens (tertiary/aromatic N) is 4. The molecule has 1 saturated heterocycles. The second kappa shape index (κ2) is 14.8. The Morgan fingerprint density at radius 1 is 1.19 bits per heavy atom. The van der Waals surface area contributed by atoms with E-state index in [1.807, 2.05) is 77.4 Å². The van der Waals surface area contributed by atoms with Gasteiger partial charge in [-0.15, -0.1) is 6.58 Å². The van der Waals surface area contributed by atoms with Gasteiger partial charge in [0, 0.05) is 44.3 Å². The van der Waals surface area contributed by atoms with E-state index in [2.05, 4.69) is 27.8 Å². The Kier molecular flexibility index (Phi) is 11.8. The van der Waals surface area contributed by atoms with E-state index in [1.54, 1.807) is 17.4 Å². The van der Waals surface area contributed by atoms with Crippen molar-refractivity contribution in [2.24, 2.45) is 7.05 Å². The number of amides is 2. The highest BCUT2D eigenvalue weighted by Crippen LogP contribution is 2.39. The number of halogens is 1. The molecule has 1 N–H and O–H groups in total. The molecule has 1 aliphatic heterocycles. The number of piperazine rings is 1.